The first-order valence-corrected chi connectivity index (χ1v) is 2.79. The molecule has 0 saturated heterocycles. The summed E-state index contributed by atoms with van der Waals surface area (Å²) in [4.78, 5) is 0. The zero-order chi connectivity index (χ0) is 4.24. The van der Waals surface area contributed by atoms with Crippen LogP contribution in [-0.2, 0) is 4.74 Å². The lowest BCUT2D eigenvalue weighted by Crippen LogP contribution is -1.92. The molecule has 1 nitrogen and oxygen atoms in total. The molecule has 1 aliphatic rings. The SMILES string of the molecule is [C]1=CSCOC1. The third kappa shape index (κ3) is 1.03. The molecule has 0 fully saturated rings. The van der Waals surface area contributed by atoms with Gasteiger partial charge in [0.25, 0.3) is 0 Å². The Labute approximate surface area is 41.4 Å². The van der Waals surface area contributed by atoms with E-state index in [0.717, 1.165) is 5.94 Å². The maximum atomic E-state index is 4.89. The van der Waals surface area contributed by atoms with Crippen LogP contribution < -0.4 is 0 Å². The zero-order valence-corrected chi connectivity index (χ0v) is 4.12. The summed E-state index contributed by atoms with van der Waals surface area (Å²) in [7, 11) is 0. The molecule has 1 heterocycles. The van der Waals surface area contributed by atoms with Gasteiger partial charge in [-0.1, -0.05) is 0 Å². The lowest BCUT2D eigenvalue weighted by atomic mass is 10.7. The van der Waals surface area contributed by atoms with Crippen molar-refractivity contribution >= 4 is 11.8 Å². The number of hydrogen-bond acceptors (Lipinski definition) is 2. The first-order chi connectivity index (χ1) is 3.00. The summed E-state index contributed by atoms with van der Waals surface area (Å²) in [6.45, 7) is 0.674. The fourth-order valence-electron chi connectivity index (χ4n) is 0.276. The molecule has 0 unspecified atom stereocenters. The van der Waals surface area contributed by atoms with Crippen LogP contribution in [0, 0.1) is 6.08 Å². The summed E-state index contributed by atoms with van der Waals surface area (Å²) in [5.41, 5.74) is 0. The van der Waals surface area contributed by atoms with Gasteiger partial charge < -0.3 is 4.74 Å². The maximum Gasteiger partial charge on any atom is 0.0965 e. The zero-order valence-electron chi connectivity index (χ0n) is 3.31. The predicted octanol–water partition coefficient (Wildman–Crippen LogP) is 1.02. The van der Waals surface area contributed by atoms with Gasteiger partial charge in [-0.15, -0.1) is 11.8 Å². The average Bonchev–Trinajstić information content (AvgIpc) is 1.72. The van der Waals surface area contributed by atoms with Crippen LogP contribution in [0.4, 0.5) is 0 Å². The van der Waals surface area contributed by atoms with E-state index in [9.17, 15) is 0 Å². The van der Waals surface area contributed by atoms with E-state index in [-0.39, 0.29) is 0 Å². The van der Waals surface area contributed by atoms with E-state index in [0.29, 0.717) is 6.61 Å². The van der Waals surface area contributed by atoms with Gasteiger partial charge in [-0.3, -0.25) is 0 Å². The summed E-state index contributed by atoms with van der Waals surface area (Å²) < 4.78 is 4.89. The van der Waals surface area contributed by atoms with Gasteiger partial charge in [0, 0.05) is 0 Å². The molecular weight excluding hydrogens is 96.1 g/mol. The highest BCUT2D eigenvalue weighted by Crippen LogP contribution is 2.05. The Morgan fingerprint density at radius 1 is 1.83 bits per heavy atom. The molecule has 0 aromatic rings. The molecule has 0 saturated carbocycles. The molecular formula is C4H5OS. The fraction of sp³-hybridized carbons (Fsp3) is 0.500. The number of ether oxygens (including phenoxy) is 1. The molecule has 2 heteroatoms. The summed E-state index contributed by atoms with van der Waals surface area (Å²) in [6.07, 6.45) is 2.90. The summed E-state index contributed by atoms with van der Waals surface area (Å²) >= 11 is 1.64. The lowest BCUT2D eigenvalue weighted by Gasteiger charge is -1.99. The van der Waals surface area contributed by atoms with Gasteiger partial charge >= 0.3 is 0 Å². The molecule has 1 radical (unpaired) electrons. The highest BCUT2D eigenvalue weighted by atomic mass is 32.2. The number of thioether (sulfide) groups is 1. The second-order valence-electron chi connectivity index (χ2n) is 0.955. The Morgan fingerprint density at radius 2 is 2.83 bits per heavy atom. The fourth-order valence-corrected chi connectivity index (χ4v) is 0.709. The van der Waals surface area contributed by atoms with Crippen LogP contribution in [0.2, 0.25) is 0 Å². The van der Waals surface area contributed by atoms with Crippen molar-refractivity contribution in [3.8, 4) is 0 Å². The first kappa shape index (κ1) is 4.22. The minimum absolute atomic E-state index is 0.674. The van der Waals surface area contributed by atoms with E-state index in [1.165, 1.54) is 0 Å². The second-order valence-corrected chi connectivity index (χ2v) is 1.76. The molecule has 0 bridgehead atoms. The van der Waals surface area contributed by atoms with Crippen molar-refractivity contribution in [2.24, 2.45) is 0 Å². The molecule has 0 aromatic heterocycles. The van der Waals surface area contributed by atoms with Crippen LogP contribution in [0.1, 0.15) is 0 Å². The summed E-state index contributed by atoms with van der Waals surface area (Å²) in [5.74, 6) is 0.799. The maximum absolute atomic E-state index is 4.89. The third-order valence-corrected chi connectivity index (χ3v) is 1.14. The first-order valence-electron chi connectivity index (χ1n) is 1.74. The summed E-state index contributed by atoms with van der Waals surface area (Å²) in [5, 5.41) is 1.93. The molecule has 0 aliphatic carbocycles. The van der Waals surface area contributed by atoms with Gasteiger partial charge in [-0.25, -0.2) is 0 Å². The highest BCUT2D eigenvalue weighted by Gasteiger charge is 1.86. The van der Waals surface area contributed by atoms with Gasteiger partial charge in [-0.2, -0.15) is 0 Å². The smallest absolute Gasteiger partial charge is 0.0965 e. The van der Waals surface area contributed by atoms with Crippen molar-refractivity contribution in [3.05, 3.63) is 11.5 Å². The topological polar surface area (TPSA) is 9.23 Å². The minimum atomic E-state index is 0.674. The largest absolute Gasteiger partial charge is 0.366 e. The molecule has 6 heavy (non-hydrogen) atoms. The molecule has 0 spiro atoms. The van der Waals surface area contributed by atoms with Crippen LogP contribution in [0.3, 0.4) is 0 Å². The van der Waals surface area contributed by atoms with Crippen molar-refractivity contribution in [1.29, 1.82) is 0 Å². The van der Waals surface area contributed by atoms with E-state index < -0.39 is 0 Å². The normalized spacial score (nSPS) is 21.3. The van der Waals surface area contributed by atoms with Crippen molar-refractivity contribution < 1.29 is 4.74 Å². The molecule has 0 aromatic carbocycles. The third-order valence-electron chi connectivity index (χ3n) is 0.503. The van der Waals surface area contributed by atoms with Crippen LogP contribution in [-0.4, -0.2) is 12.5 Å². The quantitative estimate of drug-likeness (QED) is 0.450. The van der Waals surface area contributed by atoms with E-state index >= 15 is 0 Å². The van der Waals surface area contributed by atoms with Crippen molar-refractivity contribution in [2.75, 3.05) is 12.5 Å². The van der Waals surface area contributed by atoms with Crippen LogP contribution in [0.25, 0.3) is 0 Å². The molecule has 1 aliphatic heterocycles. The van der Waals surface area contributed by atoms with Gasteiger partial charge in [-0.05, 0) is 11.5 Å². The molecule has 0 N–H and O–H groups in total. The Balaban J connectivity index is 2.26. The standard InChI is InChI=1S/C4H5OS/c1-2-5-4-6-3-1/h3H,2,4H2. The van der Waals surface area contributed by atoms with Crippen LogP contribution in [0.15, 0.2) is 5.41 Å². The second kappa shape index (κ2) is 2.26. The van der Waals surface area contributed by atoms with E-state index in [1.807, 2.05) is 5.41 Å². The number of hydrogen-bond donors (Lipinski definition) is 0. The molecule has 0 atom stereocenters. The predicted molar refractivity (Wildman–Crippen MR) is 26.2 cm³/mol. The van der Waals surface area contributed by atoms with E-state index in [2.05, 4.69) is 6.08 Å². The van der Waals surface area contributed by atoms with Crippen molar-refractivity contribution in [2.45, 2.75) is 0 Å². The van der Waals surface area contributed by atoms with Crippen molar-refractivity contribution in [3.63, 3.8) is 0 Å². The average molecular weight is 101 g/mol. The monoisotopic (exact) mass is 101 g/mol. The van der Waals surface area contributed by atoms with E-state index in [1.54, 1.807) is 11.8 Å². The minimum Gasteiger partial charge on any atom is -0.366 e. The summed E-state index contributed by atoms with van der Waals surface area (Å²) in [6, 6.07) is 0. The Hall–Kier alpha value is 0.0500. The Bertz CT molecular complexity index is 52.6. The van der Waals surface area contributed by atoms with Crippen LogP contribution in [0.5, 0.6) is 0 Å². The highest BCUT2D eigenvalue weighted by molar-refractivity contribution is 8.01. The molecule has 1 rings (SSSR count). The molecule has 33 valence electrons. The molecule has 0 amide bonds. The lowest BCUT2D eigenvalue weighted by molar-refractivity contribution is 0.210. The van der Waals surface area contributed by atoms with Crippen LogP contribution >= 0.6 is 11.8 Å². The number of rotatable bonds is 0. The van der Waals surface area contributed by atoms with Gasteiger partial charge in [0.2, 0.25) is 0 Å². The van der Waals surface area contributed by atoms with Gasteiger partial charge in [0.1, 0.15) is 0 Å². The Kier molecular flexibility index (Phi) is 1.59. The van der Waals surface area contributed by atoms with E-state index in [4.69, 9.17) is 4.74 Å². The van der Waals surface area contributed by atoms with Crippen molar-refractivity contribution in [1.82, 2.24) is 0 Å². The Morgan fingerprint density at radius 3 is 3.00 bits per heavy atom. The van der Waals surface area contributed by atoms with Gasteiger partial charge in [0.05, 0.1) is 12.5 Å². The van der Waals surface area contributed by atoms with Gasteiger partial charge in [0.15, 0.2) is 0 Å².